The molecular formula is C35H44N2O10S. The smallest absolute Gasteiger partial charge is 0.186 e. The zero-order chi connectivity index (χ0) is 34.1. The Balaban J connectivity index is 1.42. The highest BCUT2D eigenvalue weighted by Gasteiger charge is 2.59. The Kier molecular flexibility index (Phi) is 12.9. The molecule has 0 spiro atoms. The van der Waals surface area contributed by atoms with Crippen molar-refractivity contribution in [1.29, 1.82) is 0 Å². The number of ether oxygens (including phenoxy) is 5. The zero-order valence-electron chi connectivity index (χ0n) is 26.6. The lowest BCUT2D eigenvalue weighted by Gasteiger charge is -2.46. The summed E-state index contributed by atoms with van der Waals surface area (Å²) in [4.78, 5) is 0. The van der Waals surface area contributed by atoms with E-state index in [-0.39, 0.29) is 24.9 Å². The fourth-order valence-electron chi connectivity index (χ4n) is 6.08. The molecule has 260 valence electrons. The van der Waals surface area contributed by atoms with E-state index in [1.807, 2.05) is 91.0 Å². The Hall–Kier alpha value is -3.05. The van der Waals surface area contributed by atoms with E-state index in [2.05, 4.69) is 10.6 Å². The lowest BCUT2D eigenvalue weighted by Crippen LogP contribution is -2.68. The number of benzene rings is 3. The van der Waals surface area contributed by atoms with E-state index in [1.54, 1.807) is 0 Å². The van der Waals surface area contributed by atoms with Gasteiger partial charge in [0.15, 0.2) is 11.4 Å². The molecule has 12 nitrogen and oxygen atoms in total. The van der Waals surface area contributed by atoms with Crippen molar-refractivity contribution >= 4 is 17.3 Å². The number of thiocarbonyl (C=S) groups is 1. The predicted molar refractivity (Wildman–Crippen MR) is 178 cm³/mol. The number of methoxy groups -OCH3 is 1. The van der Waals surface area contributed by atoms with Gasteiger partial charge in [0.05, 0.1) is 45.1 Å². The third-order valence-corrected chi connectivity index (χ3v) is 8.99. The minimum absolute atomic E-state index is 0.0696. The number of hydrogen-bond donors (Lipinski definition) is 7. The van der Waals surface area contributed by atoms with Crippen LogP contribution >= 0.6 is 12.2 Å². The molecule has 0 radical (unpaired) electrons. The van der Waals surface area contributed by atoms with Gasteiger partial charge in [0.1, 0.15) is 42.2 Å². The average Bonchev–Trinajstić information content (AvgIpc) is 3.27. The maximum absolute atomic E-state index is 11.0. The molecule has 1 aliphatic carbocycles. The molecular weight excluding hydrogens is 640 g/mol. The van der Waals surface area contributed by atoms with Crippen LogP contribution in [0.3, 0.4) is 0 Å². The standard InChI is InChI=1S/C35H44N2O10S/c1-43-33-30(46-19-24-15-9-4-10-16-24)29(45-18-23-13-7-3-8-14-23)26(25(47-33)20-44-17-22-11-5-2-6-12-22)36-34(48)37-31-27(39)28(40)32(41)35(31,42)21-38/h2-16,25-33,38-42H,17-21H2,1H3,(H2,36,37,48)/t25-,26-,27-,28-,29+,30-,31-,32+,33+,35+/m1/s1. The first-order valence-electron chi connectivity index (χ1n) is 15.8. The van der Waals surface area contributed by atoms with E-state index in [0.717, 1.165) is 16.7 Å². The summed E-state index contributed by atoms with van der Waals surface area (Å²) in [6.45, 7) is -0.0928. The van der Waals surface area contributed by atoms with Gasteiger partial charge in [-0.1, -0.05) is 91.0 Å². The maximum Gasteiger partial charge on any atom is 0.186 e. The van der Waals surface area contributed by atoms with Crippen molar-refractivity contribution in [3.8, 4) is 0 Å². The zero-order valence-corrected chi connectivity index (χ0v) is 27.4. The van der Waals surface area contributed by atoms with E-state index >= 15 is 0 Å². The van der Waals surface area contributed by atoms with Crippen LogP contribution in [0.1, 0.15) is 16.7 Å². The molecule has 7 N–H and O–H groups in total. The van der Waals surface area contributed by atoms with E-state index < -0.39 is 67.2 Å². The van der Waals surface area contributed by atoms with Crippen LogP contribution in [0.5, 0.6) is 0 Å². The summed E-state index contributed by atoms with van der Waals surface area (Å²) in [6.07, 6.45) is -8.28. The molecule has 1 saturated heterocycles. The highest BCUT2D eigenvalue weighted by atomic mass is 32.1. The number of rotatable bonds is 14. The van der Waals surface area contributed by atoms with Crippen LogP contribution in [0.25, 0.3) is 0 Å². The molecule has 0 unspecified atom stereocenters. The molecule has 3 aromatic carbocycles. The Morgan fingerprint density at radius 2 is 1.29 bits per heavy atom. The first-order chi connectivity index (χ1) is 23.2. The van der Waals surface area contributed by atoms with Gasteiger partial charge in [0.25, 0.3) is 0 Å². The van der Waals surface area contributed by atoms with Crippen molar-refractivity contribution in [3.63, 3.8) is 0 Å². The highest BCUT2D eigenvalue weighted by Crippen LogP contribution is 2.32. The molecule has 0 amide bonds. The van der Waals surface area contributed by atoms with Gasteiger partial charge in [-0.2, -0.15) is 0 Å². The topological polar surface area (TPSA) is 171 Å². The lowest BCUT2D eigenvalue weighted by molar-refractivity contribution is -0.293. The summed E-state index contributed by atoms with van der Waals surface area (Å²) in [7, 11) is 1.52. The minimum Gasteiger partial charge on any atom is -0.393 e. The highest BCUT2D eigenvalue weighted by molar-refractivity contribution is 7.80. The summed E-state index contributed by atoms with van der Waals surface area (Å²) in [5, 5.41) is 58.1. The molecule has 2 aliphatic rings. The molecule has 5 rings (SSSR count). The Labute approximate surface area is 285 Å². The molecule has 0 bridgehead atoms. The molecule has 3 aromatic rings. The Morgan fingerprint density at radius 1 is 0.771 bits per heavy atom. The first kappa shape index (κ1) is 36.2. The Morgan fingerprint density at radius 3 is 1.81 bits per heavy atom. The van der Waals surface area contributed by atoms with Crippen LogP contribution in [-0.2, 0) is 43.5 Å². The predicted octanol–water partition coefficient (Wildman–Crippen LogP) is 0.766. The van der Waals surface area contributed by atoms with Crippen LogP contribution in [-0.4, -0.2) is 112 Å². The third kappa shape index (κ3) is 8.56. The second kappa shape index (κ2) is 17.1. The van der Waals surface area contributed by atoms with Gasteiger partial charge in [0.2, 0.25) is 0 Å². The monoisotopic (exact) mass is 684 g/mol. The van der Waals surface area contributed by atoms with Crippen LogP contribution in [0, 0.1) is 0 Å². The number of hydrogen-bond acceptors (Lipinski definition) is 11. The van der Waals surface area contributed by atoms with Gasteiger partial charge in [-0.3, -0.25) is 0 Å². The summed E-state index contributed by atoms with van der Waals surface area (Å²) in [5.41, 5.74) is 0.535. The number of aliphatic hydroxyl groups is 5. The van der Waals surface area contributed by atoms with E-state index in [1.165, 1.54) is 7.11 Å². The molecule has 2 fully saturated rings. The molecule has 13 heteroatoms. The van der Waals surface area contributed by atoms with Crippen molar-refractivity contribution in [2.45, 2.75) is 80.4 Å². The fourth-order valence-corrected chi connectivity index (χ4v) is 6.34. The van der Waals surface area contributed by atoms with Crippen LogP contribution < -0.4 is 10.6 Å². The third-order valence-electron chi connectivity index (χ3n) is 8.76. The minimum atomic E-state index is -2.28. The van der Waals surface area contributed by atoms with E-state index in [4.69, 9.17) is 35.9 Å². The summed E-state index contributed by atoms with van der Waals surface area (Å²) < 4.78 is 31.4. The van der Waals surface area contributed by atoms with Crippen molar-refractivity contribution in [3.05, 3.63) is 108 Å². The quantitative estimate of drug-likeness (QED) is 0.119. The van der Waals surface area contributed by atoms with E-state index in [0.29, 0.717) is 6.61 Å². The van der Waals surface area contributed by atoms with Gasteiger partial charge in [-0.25, -0.2) is 0 Å². The molecule has 1 saturated carbocycles. The Bertz CT molecular complexity index is 1410. The second-order valence-electron chi connectivity index (χ2n) is 12.0. The maximum atomic E-state index is 11.0. The number of nitrogens with one attached hydrogen (secondary N) is 2. The molecule has 10 atom stereocenters. The molecule has 48 heavy (non-hydrogen) atoms. The normalized spacial score (nSPS) is 31.8. The lowest BCUT2D eigenvalue weighted by atomic mass is 9.95. The van der Waals surface area contributed by atoms with E-state index in [9.17, 15) is 25.5 Å². The largest absolute Gasteiger partial charge is 0.393 e. The molecule has 1 heterocycles. The second-order valence-corrected chi connectivity index (χ2v) is 12.4. The van der Waals surface area contributed by atoms with Crippen molar-refractivity contribution in [2.75, 3.05) is 20.3 Å². The first-order valence-corrected chi connectivity index (χ1v) is 16.2. The van der Waals surface area contributed by atoms with Gasteiger partial charge in [-0.05, 0) is 28.9 Å². The van der Waals surface area contributed by atoms with Crippen LogP contribution in [0.15, 0.2) is 91.0 Å². The van der Waals surface area contributed by atoms with Gasteiger partial charge in [0, 0.05) is 7.11 Å². The van der Waals surface area contributed by atoms with Gasteiger partial charge >= 0.3 is 0 Å². The summed E-state index contributed by atoms with van der Waals surface area (Å²) >= 11 is 5.65. The fraction of sp³-hybridized carbons (Fsp3) is 0.457. The van der Waals surface area contributed by atoms with Crippen molar-refractivity contribution in [1.82, 2.24) is 10.6 Å². The van der Waals surface area contributed by atoms with Crippen LogP contribution in [0.2, 0.25) is 0 Å². The van der Waals surface area contributed by atoms with Crippen LogP contribution in [0.4, 0.5) is 0 Å². The summed E-state index contributed by atoms with van der Waals surface area (Å²) in [6, 6.07) is 26.8. The van der Waals surface area contributed by atoms with Gasteiger partial charge in [-0.15, -0.1) is 0 Å². The SMILES string of the molecule is CO[C@H]1O[C@H](COCc2ccccc2)[C@@H](NC(=S)N[C@@H]2[C@H](O)[C@@H](O)[C@H](O)[C@]2(O)CO)[C@H](OCc2ccccc2)[C@H]1OCc1ccccc1. The number of aliphatic hydroxyl groups excluding tert-OH is 4. The van der Waals surface area contributed by atoms with Crippen molar-refractivity contribution in [2.24, 2.45) is 0 Å². The summed E-state index contributed by atoms with van der Waals surface area (Å²) in [5.74, 6) is 0. The van der Waals surface area contributed by atoms with Gasteiger partial charge < -0.3 is 59.9 Å². The molecule has 0 aromatic heterocycles. The molecule has 1 aliphatic heterocycles. The average molecular weight is 685 g/mol. The van der Waals surface area contributed by atoms with Crippen molar-refractivity contribution < 1.29 is 49.2 Å².